The van der Waals surface area contributed by atoms with E-state index in [1.54, 1.807) is 0 Å². The number of alkyl halides is 3. The van der Waals surface area contributed by atoms with Gasteiger partial charge in [-0.05, 0) is 18.9 Å². The SMILES string of the molecule is O=C1CN(C2CCN(C(=O)c3nc4c(C(F)(F)F)cc(-c5cn[nH]c5)cn4c3Cl)CC2)C(=O)N1. The quantitative estimate of drug-likeness (QED) is 0.542. The van der Waals surface area contributed by atoms with E-state index >= 15 is 0 Å². The van der Waals surface area contributed by atoms with Gasteiger partial charge >= 0.3 is 12.2 Å². The molecule has 10 nitrogen and oxygen atoms in total. The predicted octanol–water partition coefficient (Wildman–Crippen LogP) is 2.55. The third-order valence-corrected chi connectivity index (χ3v) is 6.38. The molecule has 3 aromatic rings. The molecule has 34 heavy (non-hydrogen) atoms. The van der Waals surface area contributed by atoms with Crippen LogP contribution in [0.15, 0.2) is 24.7 Å². The van der Waals surface area contributed by atoms with Crippen LogP contribution in [0.1, 0.15) is 28.9 Å². The number of carbonyl (C=O) groups is 3. The lowest BCUT2D eigenvalue weighted by atomic mass is 10.0. The van der Waals surface area contributed by atoms with E-state index in [2.05, 4.69) is 20.5 Å². The summed E-state index contributed by atoms with van der Waals surface area (Å²) in [5.41, 5.74) is -1.18. The summed E-state index contributed by atoms with van der Waals surface area (Å²) in [6.45, 7) is 0.436. The molecule has 0 unspecified atom stereocenters. The number of hydrogen-bond acceptors (Lipinski definition) is 5. The summed E-state index contributed by atoms with van der Waals surface area (Å²) in [5.74, 6) is -0.984. The van der Waals surface area contributed by atoms with Gasteiger partial charge in [0.1, 0.15) is 11.7 Å². The normalized spacial score (nSPS) is 17.6. The molecule has 0 radical (unpaired) electrons. The number of nitrogens with one attached hydrogen (secondary N) is 2. The molecule has 178 valence electrons. The number of imide groups is 1. The van der Waals surface area contributed by atoms with Gasteiger partial charge in [-0.1, -0.05) is 11.6 Å². The fourth-order valence-electron chi connectivity index (χ4n) is 4.31. The van der Waals surface area contributed by atoms with E-state index < -0.39 is 29.3 Å². The second kappa shape index (κ2) is 8.01. The number of nitrogens with zero attached hydrogens (tertiary/aromatic N) is 5. The third kappa shape index (κ3) is 3.75. The van der Waals surface area contributed by atoms with E-state index in [9.17, 15) is 27.6 Å². The molecular weight excluding hydrogens is 479 g/mol. The highest BCUT2D eigenvalue weighted by Crippen LogP contribution is 2.37. The lowest BCUT2D eigenvalue weighted by Gasteiger charge is -2.35. The molecule has 0 aliphatic carbocycles. The number of likely N-dealkylation sites (tertiary alicyclic amines) is 1. The van der Waals surface area contributed by atoms with Crippen molar-refractivity contribution in [3.05, 3.63) is 41.1 Å². The average Bonchev–Trinajstić information content (AvgIpc) is 3.52. The summed E-state index contributed by atoms with van der Waals surface area (Å²) in [6, 6.07) is 0.249. The molecule has 2 saturated heterocycles. The topological polar surface area (TPSA) is 116 Å². The van der Waals surface area contributed by atoms with Crippen molar-refractivity contribution < 1.29 is 27.6 Å². The summed E-state index contributed by atoms with van der Waals surface area (Å²) in [5, 5.41) is 8.29. The van der Waals surface area contributed by atoms with Crippen LogP contribution < -0.4 is 5.32 Å². The number of fused-ring (bicyclic) bond motifs is 1. The number of halogens is 4. The smallest absolute Gasteiger partial charge is 0.337 e. The van der Waals surface area contributed by atoms with Gasteiger partial charge in [-0.2, -0.15) is 18.3 Å². The number of hydrogen-bond donors (Lipinski definition) is 2. The highest BCUT2D eigenvalue weighted by atomic mass is 35.5. The fourth-order valence-corrected chi connectivity index (χ4v) is 4.56. The first-order valence-corrected chi connectivity index (χ1v) is 10.7. The minimum atomic E-state index is -4.73. The van der Waals surface area contributed by atoms with Crippen LogP contribution in [-0.4, -0.2) is 72.9 Å². The molecule has 3 aromatic heterocycles. The Morgan fingerprint density at radius 1 is 1.18 bits per heavy atom. The van der Waals surface area contributed by atoms with Crippen LogP contribution >= 0.6 is 11.6 Å². The number of carbonyl (C=O) groups excluding carboxylic acids is 3. The molecule has 5 heterocycles. The van der Waals surface area contributed by atoms with Gasteiger partial charge in [-0.3, -0.25) is 24.4 Å². The molecule has 2 fully saturated rings. The number of pyridine rings is 1. The van der Waals surface area contributed by atoms with E-state index in [1.165, 1.54) is 28.4 Å². The van der Waals surface area contributed by atoms with Crippen LogP contribution in [-0.2, 0) is 11.0 Å². The standard InChI is InChI=1S/C20H17ClF3N7O3/c21-16-15(18(33)29-3-1-12(2-4-29)30-9-14(32)27-19(30)34)28-17-13(20(22,23)24)5-10(8-31(16)17)11-6-25-26-7-11/h5-8,12H,1-4,9H2,(H,25,26)(H,27,32,34). The zero-order valence-electron chi connectivity index (χ0n) is 17.4. The van der Waals surface area contributed by atoms with Gasteiger partial charge in [-0.15, -0.1) is 0 Å². The third-order valence-electron chi connectivity index (χ3n) is 6.01. The Balaban J connectivity index is 1.44. The summed E-state index contributed by atoms with van der Waals surface area (Å²) < 4.78 is 42.5. The van der Waals surface area contributed by atoms with Gasteiger partial charge < -0.3 is 9.80 Å². The minimum Gasteiger partial charge on any atom is -0.337 e. The fraction of sp³-hybridized carbons (Fsp3) is 0.350. The number of rotatable bonds is 3. The second-order valence-corrected chi connectivity index (χ2v) is 8.43. The Labute approximate surface area is 194 Å². The maximum Gasteiger partial charge on any atom is 0.420 e. The van der Waals surface area contributed by atoms with Crippen molar-refractivity contribution in [1.29, 1.82) is 0 Å². The summed E-state index contributed by atoms with van der Waals surface area (Å²) in [6.07, 6.45) is 0.276. The first-order valence-electron chi connectivity index (χ1n) is 10.3. The molecule has 5 rings (SSSR count). The van der Waals surface area contributed by atoms with Crippen LogP contribution in [0.3, 0.4) is 0 Å². The average molecular weight is 496 g/mol. The van der Waals surface area contributed by atoms with Crippen molar-refractivity contribution in [2.75, 3.05) is 19.6 Å². The van der Waals surface area contributed by atoms with Gasteiger partial charge in [0.25, 0.3) is 5.91 Å². The second-order valence-electron chi connectivity index (χ2n) is 8.08. The zero-order chi connectivity index (χ0) is 24.2. The van der Waals surface area contributed by atoms with Gasteiger partial charge in [0.05, 0.1) is 11.8 Å². The number of imidazole rings is 1. The Morgan fingerprint density at radius 2 is 1.91 bits per heavy atom. The molecule has 0 bridgehead atoms. The maximum atomic E-state index is 13.8. The Morgan fingerprint density at radius 3 is 2.50 bits per heavy atom. The molecule has 4 amide bonds. The number of piperidine rings is 1. The van der Waals surface area contributed by atoms with Crippen molar-refractivity contribution >= 4 is 35.1 Å². The van der Waals surface area contributed by atoms with E-state index in [-0.39, 0.29) is 48.0 Å². The number of H-pyrrole nitrogens is 1. The van der Waals surface area contributed by atoms with Crippen molar-refractivity contribution in [3.8, 4) is 11.1 Å². The predicted molar refractivity (Wildman–Crippen MR) is 112 cm³/mol. The van der Waals surface area contributed by atoms with Crippen LogP contribution in [0.4, 0.5) is 18.0 Å². The molecule has 2 aliphatic rings. The minimum absolute atomic E-state index is 0.0328. The molecule has 2 N–H and O–H groups in total. The van der Waals surface area contributed by atoms with Crippen LogP contribution in [0.5, 0.6) is 0 Å². The summed E-state index contributed by atoms with van der Waals surface area (Å²) in [4.78, 5) is 43.3. The van der Waals surface area contributed by atoms with Crippen molar-refractivity contribution in [2.45, 2.75) is 25.1 Å². The maximum absolute atomic E-state index is 13.8. The molecule has 0 spiro atoms. The summed E-state index contributed by atoms with van der Waals surface area (Å²) in [7, 11) is 0. The highest BCUT2D eigenvalue weighted by molar-refractivity contribution is 6.33. The lowest BCUT2D eigenvalue weighted by molar-refractivity contribution is -0.136. The van der Waals surface area contributed by atoms with Crippen LogP contribution in [0.25, 0.3) is 16.8 Å². The zero-order valence-corrected chi connectivity index (χ0v) is 18.2. The number of urea groups is 1. The van der Waals surface area contributed by atoms with E-state index in [4.69, 9.17) is 11.6 Å². The highest BCUT2D eigenvalue weighted by Gasteiger charge is 2.38. The first kappa shape index (κ1) is 22.2. The summed E-state index contributed by atoms with van der Waals surface area (Å²) >= 11 is 6.36. The number of amides is 4. The van der Waals surface area contributed by atoms with Crippen LogP contribution in [0.2, 0.25) is 5.15 Å². The Kier molecular flexibility index (Phi) is 5.23. The molecule has 0 atom stereocenters. The van der Waals surface area contributed by atoms with E-state index in [0.717, 1.165) is 10.5 Å². The molecule has 0 saturated carbocycles. The van der Waals surface area contributed by atoms with Gasteiger partial charge in [0.15, 0.2) is 11.3 Å². The Bertz CT molecular complexity index is 1300. The first-order chi connectivity index (χ1) is 16.1. The molecule has 2 aliphatic heterocycles. The van der Waals surface area contributed by atoms with E-state index in [0.29, 0.717) is 18.4 Å². The monoisotopic (exact) mass is 495 g/mol. The number of aromatic nitrogens is 4. The Hall–Kier alpha value is -3.61. The van der Waals surface area contributed by atoms with Gasteiger partial charge in [0, 0.05) is 42.7 Å². The van der Waals surface area contributed by atoms with Crippen molar-refractivity contribution in [2.24, 2.45) is 0 Å². The molecule has 0 aromatic carbocycles. The molecular formula is C20H17ClF3N7O3. The largest absolute Gasteiger partial charge is 0.420 e. The van der Waals surface area contributed by atoms with Crippen molar-refractivity contribution in [1.82, 2.24) is 34.7 Å². The van der Waals surface area contributed by atoms with E-state index in [1.807, 2.05) is 0 Å². The van der Waals surface area contributed by atoms with Gasteiger partial charge in [-0.25, -0.2) is 9.78 Å². The molecule has 14 heteroatoms. The lowest BCUT2D eigenvalue weighted by Crippen LogP contribution is -2.47. The van der Waals surface area contributed by atoms with Crippen molar-refractivity contribution in [3.63, 3.8) is 0 Å². The van der Waals surface area contributed by atoms with Crippen LogP contribution in [0, 0.1) is 0 Å². The van der Waals surface area contributed by atoms with Gasteiger partial charge in [0.2, 0.25) is 5.91 Å². The number of aromatic amines is 1.